The van der Waals surface area contributed by atoms with Crippen LogP contribution in [0.2, 0.25) is 0 Å². The molecule has 1 aliphatic rings. The Morgan fingerprint density at radius 3 is 1.86 bits per heavy atom. The molecule has 2 rings (SSSR count). The summed E-state index contributed by atoms with van der Waals surface area (Å²) < 4.78 is 15.1. The van der Waals surface area contributed by atoms with Crippen molar-refractivity contribution in [3.8, 4) is 0 Å². The number of aromatic nitrogens is 2. The van der Waals surface area contributed by atoms with E-state index in [4.69, 9.17) is 14.2 Å². The van der Waals surface area contributed by atoms with Crippen LogP contribution in [0.25, 0.3) is 0 Å². The van der Waals surface area contributed by atoms with Gasteiger partial charge >= 0.3 is 0 Å². The van der Waals surface area contributed by atoms with E-state index in [9.17, 15) is 14.4 Å². The molecule has 0 fully saturated rings. The van der Waals surface area contributed by atoms with Gasteiger partial charge in [0.15, 0.2) is 0 Å². The summed E-state index contributed by atoms with van der Waals surface area (Å²) in [7, 11) is 5.87. The summed E-state index contributed by atoms with van der Waals surface area (Å²) in [5.74, 6) is -1.51. The standard InChI is InChI=1S/C18H24N4O6/c1-21(12(23)11-28-4)15-16(22(7-9-26-2)8-10-27-3)18(25)14-13(17(15)24)19-5-6-20-14/h5-6H,7-11H2,1-4H3. The fourth-order valence-electron chi connectivity index (χ4n) is 2.80. The number of Topliss-reactive ketones (excluding diaryl/α,β-unsaturated/α-hetero) is 2. The SMILES string of the molecule is COCCN(CCOC)C1=C(N(C)C(=O)COC)C(=O)c2nccnc2C1=O. The van der Waals surface area contributed by atoms with Crippen LogP contribution in [0.1, 0.15) is 21.0 Å². The molecule has 1 aromatic rings. The van der Waals surface area contributed by atoms with Crippen LogP contribution in [0, 0.1) is 0 Å². The van der Waals surface area contributed by atoms with Crippen molar-refractivity contribution in [3.63, 3.8) is 0 Å². The van der Waals surface area contributed by atoms with Gasteiger partial charge in [-0.3, -0.25) is 14.4 Å². The van der Waals surface area contributed by atoms with Crippen LogP contribution in [0.4, 0.5) is 0 Å². The Balaban J connectivity index is 2.61. The van der Waals surface area contributed by atoms with E-state index in [2.05, 4.69) is 9.97 Å². The topological polar surface area (TPSA) is 111 Å². The smallest absolute Gasteiger partial charge is 0.252 e. The quantitative estimate of drug-likeness (QED) is 0.533. The van der Waals surface area contributed by atoms with E-state index >= 15 is 0 Å². The molecular formula is C18H24N4O6. The molecule has 0 aromatic carbocycles. The van der Waals surface area contributed by atoms with Gasteiger partial charge in [0.25, 0.3) is 5.91 Å². The molecule has 152 valence electrons. The minimum atomic E-state index is -0.551. The number of ether oxygens (including phenoxy) is 3. The predicted octanol–water partition coefficient (Wildman–Crippen LogP) is -0.233. The highest BCUT2D eigenvalue weighted by atomic mass is 16.5. The molecule has 1 aliphatic carbocycles. The first-order valence-electron chi connectivity index (χ1n) is 8.60. The predicted molar refractivity (Wildman–Crippen MR) is 97.7 cm³/mol. The number of ketones is 2. The van der Waals surface area contributed by atoms with Crippen LogP contribution >= 0.6 is 0 Å². The maximum absolute atomic E-state index is 13.2. The molecule has 10 heteroatoms. The zero-order valence-electron chi connectivity index (χ0n) is 16.4. The third-order valence-corrected chi connectivity index (χ3v) is 4.21. The molecular weight excluding hydrogens is 368 g/mol. The van der Waals surface area contributed by atoms with Crippen LogP contribution in [-0.2, 0) is 19.0 Å². The van der Waals surface area contributed by atoms with Crippen LogP contribution < -0.4 is 0 Å². The second-order valence-corrected chi connectivity index (χ2v) is 5.97. The summed E-state index contributed by atoms with van der Waals surface area (Å²) in [6.45, 7) is 1.02. The first-order chi connectivity index (χ1) is 13.5. The molecule has 0 atom stereocenters. The maximum Gasteiger partial charge on any atom is 0.252 e. The lowest BCUT2D eigenvalue weighted by Crippen LogP contribution is -2.44. The number of rotatable bonds is 10. The minimum absolute atomic E-state index is 0.0429. The number of hydrogen-bond acceptors (Lipinski definition) is 9. The highest BCUT2D eigenvalue weighted by Gasteiger charge is 2.40. The van der Waals surface area contributed by atoms with Gasteiger partial charge in [-0.15, -0.1) is 0 Å². The van der Waals surface area contributed by atoms with Crippen LogP contribution in [0.15, 0.2) is 23.8 Å². The highest BCUT2D eigenvalue weighted by Crippen LogP contribution is 2.28. The number of amides is 1. The van der Waals surface area contributed by atoms with E-state index in [1.807, 2.05) is 0 Å². The number of nitrogens with zero attached hydrogens (tertiary/aromatic N) is 4. The number of hydrogen-bond donors (Lipinski definition) is 0. The molecule has 0 bridgehead atoms. The zero-order chi connectivity index (χ0) is 20.7. The fraction of sp³-hybridized carbons (Fsp3) is 0.500. The molecule has 0 radical (unpaired) electrons. The van der Waals surface area contributed by atoms with Gasteiger partial charge in [-0.1, -0.05) is 0 Å². The fourth-order valence-corrected chi connectivity index (χ4v) is 2.80. The number of carbonyl (C=O) groups excluding carboxylic acids is 3. The van der Waals surface area contributed by atoms with Crippen molar-refractivity contribution in [2.45, 2.75) is 0 Å². The Morgan fingerprint density at radius 2 is 1.39 bits per heavy atom. The monoisotopic (exact) mass is 392 g/mol. The molecule has 0 saturated heterocycles. The van der Waals surface area contributed by atoms with Crippen molar-refractivity contribution in [1.82, 2.24) is 19.8 Å². The summed E-state index contributed by atoms with van der Waals surface area (Å²) >= 11 is 0. The summed E-state index contributed by atoms with van der Waals surface area (Å²) in [6.07, 6.45) is 2.68. The van der Waals surface area contributed by atoms with Crippen molar-refractivity contribution >= 4 is 17.5 Å². The molecule has 0 unspecified atom stereocenters. The van der Waals surface area contributed by atoms with Gasteiger partial charge in [-0.2, -0.15) is 0 Å². The van der Waals surface area contributed by atoms with Gasteiger partial charge < -0.3 is 24.0 Å². The summed E-state index contributed by atoms with van der Waals surface area (Å²) in [5.41, 5.74) is -0.119. The average molecular weight is 392 g/mol. The van der Waals surface area contributed by atoms with E-state index < -0.39 is 17.5 Å². The lowest BCUT2D eigenvalue weighted by atomic mass is 9.96. The van der Waals surface area contributed by atoms with Gasteiger partial charge in [0.1, 0.15) is 29.4 Å². The number of carbonyl (C=O) groups is 3. The van der Waals surface area contributed by atoms with Gasteiger partial charge in [0.2, 0.25) is 11.6 Å². The first-order valence-corrected chi connectivity index (χ1v) is 8.60. The van der Waals surface area contributed by atoms with E-state index in [-0.39, 0.29) is 29.4 Å². The summed E-state index contributed by atoms with van der Waals surface area (Å²) in [4.78, 5) is 49.6. The molecule has 0 spiro atoms. The number of fused-ring (bicyclic) bond motifs is 1. The first kappa shape index (κ1) is 21.6. The lowest BCUT2D eigenvalue weighted by molar-refractivity contribution is -0.131. The third-order valence-electron chi connectivity index (χ3n) is 4.21. The molecule has 1 amide bonds. The van der Waals surface area contributed by atoms with Crippen molar-refractivity contribution in [3.05, 3.63) is 35.2 Å². The van der Waals surface area contributed by atoms with Gasteiger partial charge in [-0.25, -0.2) is 9.97 Å². The van der Waals surface area contributed by atoms with Crippen molar-refractivity contribution in [2.75, 3.05) is 61.3 Å². The summed E-state index contributed by atoms with van der Waals surface area (Å²) in [5, 5.41) is 0. The average Bonchev–Trinajstić information content (AvgIpc) is 2.70. The Hall–Kier alpha value is -2.69. The molecule has 0 saturated carbocycles. The molecule has 0 aliphatic heterocycles. The molecule has 10 nitrogen and oxygen atoms in total. The van der Waals surface area contributed by atoms with Crippen molar-refractivity contribution < 1.29 is 28.6 Å². The molecule has 28 heavy (non-hydrogen) atoms. The number of likely N-dealkylation sites (N-methyl/N-ethyl adjacent to an activating group) is 1. The Bertz CT molecular complexity index is 771. The van der Waals surface area contributed by atoms with Crippen LogP contribution in [0.3, 0.4) is 0 Å². The summed E-state index contributed by atoms with van der Waals surface area (Å²) in [6, 6.07) is 0. The van der Waals surface area contributed by atoms with Gasteiger partial charge in [0.05, 0.1) is 13.2 Å². The van der Waals surface area contributed by atoms with Gasteiger partial charge in [-0.05, 0) is 0 Å². The molecule has 1 heterocycles. The molecule has 0 N–H and O–H groups in total. The maximum atomic E-state index is 13.2. The van der Waals surface area contributed by atoms with Crippen molar-refractivity contribution in [2.24, 2.45) is 0 Å². The Labute approximate surface area is 163 Å². The van der Waals surface area contributed by atoms with Crippen LogP contribution in [-0.4, -0.2) is 98.5 Å². The number of allylic oxidation sites excluding steroid dienone is 2. The van der Waals surface area contributed by atoms with Gasteiger partial charge in [0, 0.05) is 53.9 Å². The second kappa shape index (κ2) is 10.0. The second-order valence-electron chi connectivity index (χ2n) is 5.97. The zero-order valence-corrected chi connectivity index (χ0v) is 16.4. The number of methoxy groups -OCH3 is 3. The van der Waals surface area contributed by atoms with Crippen LogP contribution in [0.5, 0.6) is 0 Å². The largest absolute Gasteiger partial charge is 0.383 e. The normalized spacial score (nSPS) is 13.6. The van der Waals surface area contributed by atoms with E-state index in [1.54, 1.807) is 4.90 Å². The van der Waals surface area contributed by atoms with E-state index in [1.165, 1.54) is 40.8 Å². The highest BCUT2D eigenvalue weighted by molar-refractivity contribution is 6.25. The minimum Gasteiger partial charge on any atom is -0.383 e. The Kier molecular flexibility index (Phi) is 7.73. The third kappa shape index (κ3) is 4.41. The van der Waals surface area contributed by atoms with E-state index in [0.717, 1.165) is 4.90 Å². The van der Waals surface area contributed by atoms with E-state index in [0.29, 0.717) is 26.3 Å². The van der Waals surface area contributed by atoms with Crippen molar-refractivity contribution in [1.29, 1.82) is 0 Å². The Morgan fingerprint density at radius 1 is 0.893 bits per heavy atom. The lowest BCUT2D eigenvalue weighted by Gasteiger charge is -2.33. The molecule has 1 aromatic heterocycles.